The number of hydrogen-bond acceptors (Lipinski definition) is 2. The van der Waals surface area contributed by atoms with Crippen molar-refractivity contribution in [1.82, 2.24) is 14.5 Å². The summed E-state index contributed by atoms with van der Waals surface area (Å²) in [6.07, 6.45) is 7.79. The van der Waals surface area contributed by atoms with Crippen LogP contribution in [0.4, 0.5) is 0 Å². The molecule has 0 aromatic carbocycles. The first kappa shape index (κ1) is 14.2. The van der Waals surface area contributed by atoms with Gasteiger partial charge in [0.2, 0.25) is 0 Å². The van der Waals surface area contributed by atoms with E-state index in [1.807, 2.05) is 20.0 Å². The van der Waals surface area contributed by atoms with Crippen LogP contribution in [0.1, 0.15) is 39.4 Å². The van der Waals surface area contributed by atoms with Gasteiger partial charge in [-0.25, -0.2) is 4.98 Å². The molecule has 0 amide bonds. The first-order valence-corrected chi connectivity index (χ1v) is 6.98. The van der Waals surface area contributed by atoms with Crippen molar-refractivity contribution in [2.24, 2.45) is 5.92 Å². The number of piperidine rings is 1. The first-order valence-electron chi connectivity index (χ1n) is 6.98. The molecule has 1 aromatic heterocycles. The highest BCUT2D eigenvalue weighted by molar-refractivity contribution is 4.92. The Balaban J connectivity index is 0.000000686. The maximum absolute atomic E-state index is 4.37. The molecule has 17 heavy (non-hydrogen) atoms. The van der Waals surface area contributed by atoms with Crippen molar-refractivity contribution in [3.05, 3.63) is 18.2 Å². The Morgan fingerprint density at radius 1 is 1.41 bits per heavy atom. The van der Waals surface area contributed by atoms with E-state index in [-0.39, 0.29) is 0 Å². The molecule has 98 valence electrons. The topological polar surface area (TPSA) is 21.1 Å². The molecule has 0 bridgehead atoms. The van der Waals surface area contributed by atoms with Gasteiger partial charge in [0.25, 0.3) is 0 Å². The molecule has 1 aliphatic rings. The summed E-state index contributed by atoms with van der Waals surface area (Å²) in [5.74, 6) is 2.03. The molecule has 3 nitrogen and oxygen atoms in total. The Bertz CT molecular complexity index is 306. The summed E-state index contributed by atoms with van der Waals surface area (Å²) in [5.41, 5.74) is 0. The van der Waals surface area contributed by atoms with Crippen molar-refractivity contribution in [2.45, 2.75) is 46.6 Å². The van der Waals surface area contributed by atoms with Crippen molar-refractivity contribution in [1.29, 1.82) is 0 Å². The van der Waals surface area contributed by atoms with Gasteiger partial charge in [0.15, 0.2) is 0 Å². The van der Waals surface area contributed by atoms with Gasteiger partial charge in [0, 0.05) is 31.9 Å². The minimum atomic E-state index is 0.809. The van der Waals surface area contributed by atoms with E-state index in [1.165, 1.54) is 31.8 Å². The van der Waals surface area contributed by atoms with Gasteiger partial charge in [0.1, 0.15) is 5.82 Å². The van der Waals surface area contributed by atoms with Gasteiger partial charge in [-0.05, 0) is 32.4 Å². The van der Waals surface area contributed by atoms with E-state index in [9.17, 15) is 0 Å². The van der Waals surface area contributed by atoms with Crippen molar-refractivity contribution in [3.63, 3.8) is 0 Å². The predicted molar refractivity (Wildman–Crippen MR) is 73.2 cm³/mol. The molecular weight excluding hydrogens is 210 g/mol. The zero-order valence-electron chi connectivity index (χ0n) is 11.8. The molecule has 1 fully saturated rings. The summed E-state index contributed by atoms with van der Waals surface area (Å²) >= 11 is 0. The second-order valence-corrected chi connectivity index (χ2v) is 4.62. The maximum Gasteiger partial charge on any atom is 0.108 e. The monoisotopic (exact) mass is 237 g/mol. The number of imidazole rings is 1. The van der Waals surface area contributed by atoms with E-state index in [4.69, 9.17) is 0 Å². The van der Waals surface area contributed by atoms with Crippen molar-refractivity contribution < 1.29 is 0 Å². The fraction of sp³-hybridized carbons (Fsp3) is 0.786. The minimum absolute atomic E-state index is 0.809. The van der Waals surface area contributed by atoms with Crippen LogP contribution in [-0.4, -0.2) is 34.6 Å². The summed E-state index contributed by atoms with van der Waals surface area (Å²) in [6, 6.07) is 0. The second kappa shape index (κ2) is 7.49. The van der Waals surface area contributed by atoms with Crippen molar-refractivity contribution in [3.8, 4) is 0 Å². The van der Waals surface area contributed by atoms with Crippen LogP contribution in [0.15, 0.2) is 12.4 Å². The van der Waals surface area contributed by atoms with Gasteiger partial charge in [-0.15, -0.1) is 0 Å². The lowest BCUT2D eigenvalue weighted by Crippen LogP contribution is -2.34. The van der Waals surface area contributed by atoms with Gasteiger partial charge in [0.05, 0.1) is 0 Å². The molecule has 0 spiro atoms. The summed E-state index contributed by atoms with van der Waals surface area (Å²) in [6.45, 7) is 9.82. The third kappa shape index (κ3) is 4.15. The average molecular weight is 237 g/mol. The highest BCUT2D eigenvalue weighted by atomic mass is 15.1. The van der Waals surface area contributed by atoms with Gasteiger partial charge >= 0.3 is 0 Å². The third-order valence-electron chi connectivity index (χ3n) is 3.29. The Kier molecular flexibility index (Phi) is 6.27. The highest BCUT2D eigenvalue weighted by Crippen LogP contribution is 2.17. The fourth-order valence-electron chi connectivity index (χ4n) is 2.52. The zero-order valence-corrected chi connectivity index (χ0v) is 11.8. The number of aromatic nitrogens is 2. The Hall–Kier alpha value is -0.830. The molecule has 3 heteroatoms. The number of hydrogen-bond donors (Lipinski definition) is 0. The lowest BCUT2D eigenvalue weighted by Gasteiger charge is -2.30. The van der Waals surface area contributed by atoms with Gasteiger partial charge in [-0.3, -0.25) is 0 Å². The first-order chi connectivity index (χ1) is 8.29. The largest absolute Gasteiger partial charge is 0.335 e. The average Bonchev–Trinajstić information content (AvgIpc) is 2.79. The smallest absolute Gasteiger partial charge is 0.108 e. The molecule has 2 heterocycles. The standard InChI is InChI=1S/C12H21N3.C2H6/c1-3-12-13-6-8-15(12)10-11-5-4-7-14(2)9-11;1-2/h6,8,11H,3-5,7,9-10H2,1-2H3;1-2H3. The molecule has 1 aliphatic heterocycles. The van der Waals surface area contributed by atoms with Crippen molar-refractivity contribution >= 4 is 0 Å². The zero-order chi connectivity index (χ0) is 12.7. The van der Waals surface area contributed by atoms with Crippen LogP contribution in [0, 0.1) is 5.92 Å². The number of aryl methyl sites for hydroxylation is 1. The normalized spacial score (nSPS) is 20.8. The van der Waals surface area contributed by atoms with Gasteiger partial charge in [-0.1, -0.05) is 20.8 Å². The number of nitrogens with zero attached hydrogens (tertiary/aromatic N) is 3. The third-order valence-corrected chi connectivity index (χ3v) is 3.29. The van der Waals surface area contributed by atoms with Crippen LogP contribution >= 0.6 is 0 Å². The molecule has 0 radical (unpaired) electrons. The van der Waals surface area contributed by atoms with E-state index >= 15 is 0 Å². The van der Waals surface area contributed by atoms with E-state index in [0.29, 0.717) is 0 Å². The molecule has 1 aromatic rings. The van der Waals surface area contributed by atoms with E-state index in [0.717, 1.165) is 18.9 Å². The van der Waals surface area contributed by atoms with Crippen molar-refractivity contribution in [2.75, 3.05) is 20.1 Å². The number of rotatable bonds is 3. The van der Waals surface area contributed by atoms with Crippen LogP contribution in [0.25, 0.3) is 0 Å². The van der Waals surface area contributed by atoms with E-state index < -0.39 is 0 Å². The molecule has 0 aliphatic carbocycles. The molecule has 1 unspecified atom stereocenters. The molecule has 0 N–H and O–H groups in total. The molecular formula is C14H27N3. The SMILES string of the molecule is CC.CCc1nccn1CC1CCCN(C)C1. The highest BCUT2D eigenvalue weighted by Gasteiger charge is 2.18. The van der Waals surface area contributed by atoms with Crippen LogP contribution in [0.3, 0.4) is 0 Å². The molecule has 1 atom stereocenters. The van der Waals surface area contributed by atoms with Crippen LogP contribution in [0.2, 0.25) is 0 Å². The second-order valence-electron chi connectivity index (χ2n) is 4.62. The van der Waals surface area contributed by atoms with Crippen LogP contribution in [-0.2, 0) is 13.0 Å². The lowest BCUT2D eigenvalue weighted by molar-refractivity contribution is 0.193. The Labute approximate surface area is 106 Å². The summed E-state index contributed by atoms with van der Waals surface area (Å²) in [5, 5.41) is 0. The Morgan fingerprint density at radius 3 is 2.82 bits per heavy atom. The maximum atomic E-state index is 4.37. The van der Waals surface area contributed by atoms with Gasteiger partial charge in [-0.2, -0.15) is 0 Å². The minimum Gasteiger partial charge on any atom is -0.335 e. The van der Waals surface area contributed by atoms with Crippen LogP contribution in [0.5, 0.6) is 0 Å². The number of likely N-dealkylation sites (tertiary alicyclic amines) is 1. The molecule has 0 saturated carbocycles. The Morgan fingerprint density at radius 2 is 2.18 bits per heavy atom. The predicted octanol–water partition coefficient (Wildman–Crippen LogP) is 2.81. The molecule has 2 rings (SSSR count). The fourth-order valence-corrected chi connectivity index (χ4v) is 2.52. The molecule has 1 saturated heterocycles. The van der Waals surface area contributed by atoms with Crippen LogP contribution < -0.4 is 0 Å². The van der Waals surface area contributed by atoms with E-state index in [2.05, 4.69) is 34.6 Å². The van der Waals surface area contributed by atoms with E-state index in [1.54, 1.807) is 0 Å². The van der Waals surface area contributed by atoms with Gasteiger partial charge < -0.3 is 9.47 Å². The summed E-state index contributed by atoms with van der Waals surface area (Å²) < 4.78 is 2.32. The summed E-state index contributed by atoms with van der Waals surface area (Å²) in [7, 11) is 2.22. The summed E-state index contributed by atoms with van der Waals surface area (Å²) in [4.78, 5) is 6.81. The lowest BCUT2D eigenvalue weighted by atomic mass is 9.98. The quantitative estimate of drug-likeness (QED) is 0.806.